The predicted molar refractivity (Wildman–Crippen MR) is 50.1 cm³/mol. The summed E-state index contributed by atoms with van der Waals surface area (Å²) in [4.78, 5) is 13.5. The van der Waals surface area contributed by atoms with Gasteiger partial charge in [0, 0.05) is 0 Å². The van der Waals surface area contributed by atoms with Crippen LogP contribution in [-0.4, -0.2) is 30.1 Å². The zero-order chi connectivity index (χ0) is 10.3. The average molecular weight is 199 g/mol. The van der Waals surface area contributed by atoms with Crippen molar-refractivity contribution in [2.45, 2.75) is 46.1 Å². The summed E-state index contributed by atoms with van der Waals surface area (Å²) in [6.07, 6.45) is 2.54. The average Bonchev–Trinajstić information content (AvgIpc) is 2.61. The van der Waals surface area contributed by atoms with Crippen molar-refractivity contribution in [2.75, 3.05) is 6.73 Å². The van der Waals surface area contributed by atoms with Crippen molar-refractivity contribution in [3.63, 3.8) is 0 Å². The summed E-state index contributed by atoms with van der Waals surface area (Å²) >= 11 is 0. The predicted octanol–water partition coefficient (Wildman–Crippen LogP) is 1.31. The van der Waals surface area contributed by atoms with Gasteiger partial charge in [-0.1, -0.05) is 0 Å². The second kappa shape index (κ2) is 3.21. The van der Waals surface area contributed by atoms with E-state index in [0.29, 0.717) is 6.73 Å². The Morgan fingerprint density at radius 1 is 1.43 bits per heavy atom. The monoisotopic (exact) mass is 199 g/mol. The summed E-state index contributed by atoms with van der Waals surface area (Å²) in [6.45, 7) is 5.95. The molecule has 0 saturated carbocycles. The van der Waals surface area contributed by atoms with Crippen molar-refractivity contribution in [3.8, 4) is 0 Å². The highest BCUT2D eigenvalue weighted by molar-refractivity contribution is 5.75. The lowest BCUT2D eigenvalue weighted by Gasteiger charge is -2.39. The Balaban J connectivity index is 1.76. The molecule has 0 N–H and O–H groups in total. The molecule has 3 fully saturated rings. The zero-order valence-electron chi connectivity index (χ0n) is 8.95. The van der Waals surface area contributed by atoms with Crippen LogP contribution in [0.5, 0.6) is 0 Å². The molecule has 0 aromatic carbocycles. The van der Waals surface area contributed by atoms with Gasteiger partial charge in [0.15, 0.2) is 0 Å². The fourth-order valence-corrected chi connectivity index (χ4v) is 1.73. The second-order valence-corrected chi connectivity index (χ2v) is 4.95. The molecule has 4 nitrogen and oxygen atoms in total. The number of rotatable bonds is 2. The van der Waals surface area contributed by atoms with Crippen LogP contribution in [0, 0.1) is 5.41 Å². The van der Waals surface area contributed by atoms with E-state index in [1.165, 1.54) is 0 Å². The maximum Gasteiger partial charge on any atom is 0.312 e. The van der Waals surface area contributed by atoms with Crippen LogP contribution in [0.3, 0.4) is 0 Å². The lowest BCUT2D eigenvalue weighted by molar-refractivity contribution is -0.263. The molecule has 3 aliphatic rings. The van der Waals surface area contributed by atoms with Crippen molar-refractivity contribution in [3.05, 3.63) is 0 Å². The van der Waals surface area contributed by atoms with Gasteiger partial charge in [0.05, 0.1) is 5.41 Å². The fourth-order valence-electron chi connectivity index (χ4n) is 1.73. The van der Waals surface area contributed by atoms with Crippen molar-refractivity contribution in [1.82, 2.24) is 4.90 Å². The Bertz CT molecular complexity index is 232. The number of ether oxygens (including phenoxy) is 2. The molecule has 0 amide bonds. The van der Waals surface area contributed by atoms with Crippen molar-refractivity contribution < 1.29 is 14.3 Å². The summed E-state index contributed by atoms with van der Waals surface area (Å²) in [7, 11) is 0. The molecule has 3 heterocycles. The Labute approximate surface area is 84.2 Å². The molecule has 3 rings (SSSR count). The zero-order valence-corrected chi connectivity index (χ0v) is 8.95. The maximum atomic E-state index is 11.5. The number of fused-ring (bicyclic) bond motifs is 1. The highest BCUT2D eigenvalue weighted by Gasteiger charge is 2.46. The summed E-state index contributed by atoms with van der Waals surface area (Å²) < 4.78 is 10.6. The van der Waals surface area contributed by atoms with E-state index < -0.39 is 5.41 Å². The molecule has 2 bridgehead atoms. The number of hydrogen-bond donors (Lipinski definition) is 0. The lowest BCUT2D eigenvalue weighted by atomic mass is 9.98. The molecule has 3 aliphatic heterocycles. The molecule has 0 aromatic rings. The van der Waals surface area contributed by atoms with E-state index in [-0.39, 0.29) is 18.4 Å². The Hall–Kier alpha value is -0.610. The van der Waals surface area contributed by atoms with E-state index in [1.54, 1.807) is 0 Å². The van der Waals surface area contributed by atoms with E-state index in [2.05, 4.69) is 4.90 Å². The van der Waals surface area contributed by atoms with Crippen LogP contribution in [0.1, 0.15) is 33.6 Å². The van der Waals surface area contributed by atoms with Gasteiger partial charge in [0.2, 0.25) is 0 Å². The third-order valence-corrected chi connectivity index (χ3v) is 2.67. The van der Waals surface area contributed by atoms with E-state index in [9.17, 15) is 4.79 Å². The first kappa shape index (κ1) is 9.93. The normalized spacial score (nSPS) is 31.4. The Morgan fingerprint density at radius 3 is 2.43 bits per heavy atom. The number of carbonyl (C=O) groups is 1. The first-order valence-electron chi connectivity index (χ1n) is 5.07. The molecule has 80 valence electrons. The van der Waals surface area contributed by atoms with Crippen LogP contribution in [0.4, 0.5) is 0 Å². The quantitative estimate of drug-likeness (QED) is 0.628. The standard InChI is InChI=1S/C10H17NO3/c1-10(2,3)9(12)13-6-11-7-4-5-8(11)14-7/h7-8H,4-6H2,1-3H3/t7-,8?/m0/s1. The highest BCUT2D eigenvalue weighted by atomic mass is 16.6. The molecular weight excluding hydrogens is 182 g/mol. The third-order valence-electron chi connectivity index (χ3n) is 2.67. The van der Waals surface area contributed by atoms with Gasteiger partial charge >= 0.3 is 5.97 Å². The van der Waals surface area contributed by atoms with Crippen molar-refractivity contribution in [2.24, 2.45) is 5.41 Å². The van der Waals surface area contributed by atoms with Crippen molar-refractivity contribution in [1.29, 1.82) is 0 Å². The van der Waals surface area contributed by atoms with Crippen LogP contribution in [-0.2, 0) is 14.3 Å². The van der Waals surface area contributed by atoms with Gasteiger partial charge in [0.25, 0.3) is 0 Å². The summed E-state index contributed by atoms with van der Waals surface area (Å²) in [5, 5.41) is 0. The fraction of sp³-hybridized carbons (Fsp3) is 0.900. The van der Waals surface area contributed by atoms with Gasteiger partial charge in [-0.15, -0.1) is 0 Å². The first-order chi connectivity index (χ1) is 6.48. The molecule has 1 unspecified atom stereocenters. The van der Waals surface area contributed by atoms with Gasteiger partial charge in [-0.25, -0.2) is 4.90 Å². The van der Waals surface area contributed by atoms with Crippen LogP contribution < -0.4 is 0 Å². The van der Waals surface area contributed by atoms with E-state index in [0.717, 1.165) is 12.8 Å². The summed E-state index contributed by atoms with van der Waals surface area (Å²) in [6, 6.07) is 0. The minimum atomic E-state index is -0.412. The highest BCUT2D eigenvalue weighted by Crippen LogP contribution is 2.37. The van der Waals surface area contributed by atoms with Gasteiger partial charge in [-0.05, 0) is 33.6 Å². The molecule has 2 atom stereocenters. The van der Waals surface area contributed by atoms with Gasteiger partial charge in [-0.2, -0.15) is 0 Å². The van der Waals surface area contributed by atoms with E-state index in [4.69, 9.17) is 9.47 Å². The van der Waals surface area contributed by atoms with E-state index >= 15 is 0 Å². The SMILES string of the molecule is CC(C)(C)C(=O)OCN1C2CC[C@@H]1O2. The number of hydrogen-bond acceptors (Lipinski definition) is 4. The summed E-state index contributed by atoms with van der Waals surface area (Å²) in [5.74, 6) is -0.149. The number of carbonyl (C=O) groups excluding carboxylic acids is 1. The Morgan fingerprint density at radius 2 is 2.00 bits per heavy atom. The first-order valence-corrected chi connectivity index (χ1v) is 5.07. The van der Waals surface area contributed by atoms with Crippen LogP contribution in [0.25, 0.3) is 0 Å². The number of esters is 1. The largest absolute Gasteiger partial charge is 0.449 e. The number of nitrogens with zero attached hydrogens (tertiary/aromatic N) is 1. The molecule has 0 radical (unpaired) electrons. The molecule has 14 heavy (non-hydrogen) atoms. The molecular formula is C10H17NO3. The van der Waals surface area contributed by atoms with E-state index in [1.807, 2.05) is 20.8 Å². The molecule has 0 spiro atoms. The summed E-state index contributed by atoms with van der Waals surface area (Å²) in [5.41, 5.74) is -0.412. The van der Waals surface area contributed by atoms with Crippen LogP contribution >= 0.6 is 0 Å². The minimum absolute atomic E-state index is 0.149. The smallest absolute Gasteiger partial charge is 0.312 e. The minimum Gasteiger partial charge on any atom is -0.449 e. The van der Waals surface area contributed by atoms with Crippen LogP contribution in [0.15, 0.2) is 0 Å². The maximum absolute atomic E-state index is 11.5. The topological polar surface area (TPSA) is 38.8 Å². The van der Waals surface area contributed by atoms with Gasteiger partial charge in [0.1, 0.15) is 19.2 Å². The molecule has 3 saturated heterocycles. The molecule has 4 heteroatoms. The van der Waals surface area contributed by atoms with Gasteiger partial charge in [-0.3, -0.25) is 4.79 Å². The lowest BCUT2D eigenvalue weighted by Crippen LogP contribution is -2.52. The van der Waals surface area contributed by atoms with Gasteiger partial charge < -0.3 is 9.47 Å². The Kier molecular flexibility index (Phi) is 2.27. The van der Waals surface area contributed by atoms with Crippen LogP contribution in [0.2, 0.25) is 0 Å². The molecule has 0 aromatic heterocycles. The second-order valence-electron chi connectivity index (χ2n) is 4.95. The molecule has 0 aliphatic carbocycles. The van der Waals surface area contributed by atoms with Crippen molar-refractivity contribution >= 4 is 5.97 Å². The third kappa shape index (κ3) is 1.64.